The van der Waals surface area contributed by atoms with Crippen LogP contribution in [0, 0.1) is 5.92 Å². The molecule has 1 saturated heterocycles. The van der Waals surface area contributed by atoms with Gasteiger partial charge >= 0.3 is 0 Å². The highest BCUT2D eigenvalue weighted by atomic mass is 15.2. The number of hydrogen-bond acceptors (Lipinski definition) is 2. The Morgan fingerprint density at radius 3 is 2.14 bits per heavy atom. The van der Waals surface area contributed by atoms with E-state index in [2.05, 4.69) is 51.8 Å². The zero-order valence-corrected chi connectivity index (χ0v) is 10.6. The second-order valence-corrected chi connectivity index (χ2v) is 6.03. The summed E-state index contributed by atoms with van der Waals surface area (Å²) in [6, 6.07) is 1.35. The van der Waals surface area contributed by atoms with Gasteiger partial charge in [-0.25, -0.2) is 0 Å². The quantitative estimate of drug-likeness (QED) is 0.731. The van der Waals surface area contributed by atoms with E-state index in [1.807, 2.05) is 0 Å². The van der Waals surface area contributed by atoms with Gasteiger partial charge in [0.2, 0.25) is 0 Å². The molecule has 2 nitrogen and oxygen atoms in total. The fourth-order valence-electron chi connectivity index (χ4n) is 2.17. The third kappa shape index (κ3) is 3.25. The molecule has 1 rings (SSSR count). The zero-order chi connectivity index (χ0) is 10.9. The van der Waals surface area contributed by atoms with Gasteiger partial charge in [0.15, 0.2) is 0 Å². The molecule has 1 aliphatic heterocycles. The van der Waals surface area contributed by atoms with Crippen LogP contribution in [-0.2, 0) is 0 Å². The molecule has 0 saturated carbocycles. The summed E-state index contributed by atoms with van der Waals surface area (Å²) < 4.78 is 0. The Balaban J connectivity index is 2.49. The van der Waals surface area contributed by atoms with Crippen molar-refractivity contribution in [3.8, 4) is 0 Å². The van der Waals surface area contributed by atoms with Crippen LogP contribution >= 0.6 is 0 Å². The van der Waals surface area contributed by atoms with E-state index in [-0.39, 0.29) is 5.54 Å². The van der Waals surface area contributed by atoms with Gasteiger partial charge in [0.1, 0.15) is 0 Å². The van der Waals surface area contributed by atoms with Crippen molar-refractivity contribution in [2.45, 2.75) is 59.2 Å². The van der Waals surface area contributed by atoms with Gasteiger partial charge < -0.3 is 5.32 Å². The van der Waals surface area contributed by atoms with E-state index >= 15 is 0 Å². The van der Waals surface area contributed by atoms with Crippen molar-refractivity contribution in [2.75, 3.05) is 13.1 Å². The third-order valence-electron chi connectivity index (χ3n) is 2.99. The molecule has 0 unspecified atom stereocenters. The van der Waals surface area contributed by atoms with Crippen LogP contribution in [0.2, 0.25) is 0 Å². The maximum Gasteiger partial charge on any atom is 0.0237 e. The normalized spacial score (nSPS) is 30.2. The molecule has 0 bridgehead atoms. The minimum absolute atomic E-state index is 0.242. The minimum atomic E-state index is 0.242. The van der Waals surface area contributed by atoms with Crippen molar-refractivity contribution in [3.05, 3.63) is 0 Å². The highest BCUT2D eigenvalue weighted by Crippen LogP contribution is 2.20. The van der Waals surface area contributed by atoms with Crippen LogP contribution < -0.4 is 5.32 Å². The molecule has 1 fully saturated rings. The Morgan fingerprint density at radius 2 is 1.79 bits per heavy atom. The number of rotatable bonds is 2. The Bertz CT molecular complexity index is 181. The molecule has 0 spiro atoms. The minimum Gasteiger partial charge on any atom is -0.308 e. The molecule has 14 heavy (non-hydrogen) atoms. The van der Waals surface area contributed by atoms with Crippen molar-refractivity contribution >= 4 is 0 Å². The third-order valence-corrected chi connectivity index (χ3v) is 2.99. The van der Waals surface area contributed by atoms with Gasteiger partial charge in [-0.15, -0.1) is 0 Å². The largest absolute Gasteiger partial charge is 0.308 e. The van der Waals surface area contributed by atoms with Gasteiger partial charge in [-0.3, -0.25) is 4.90 Å². The van der Waals surface area contributed by atoms with Crippen molar-refractivity contribution in [1.82, 2.24) is 10.2 Å². The first-order valence-electron chi connectivity index (χ1n) is 5.81. The lowest BCUT2D eigenvalue weighted by atomic mass is 10.0. The van der Waals surface area contributed by atoms with Crippen molar-refractivity contribution < 1.29 is 0 Å². The van der Waals surface area contributed by atoms with E-state index in [0.717, 1.165) is 5.92 Å². The van der Waals surface area contributed by atoms with Crippen LogP contribution in [0.25, 0.3) is 0 Å². The average molecular weight is 198 g/mol. The monoisotopic (exact) mass is 198 g/mol. The molecule has 0 radical (unpaired) electrons. The van der Waals surface area contributed by atoms with Gasteiger partial charge in [0.25, 0.3) is 0 Å². The highest BCUT2D eigenvalue weighted by Gasteiger charge is 2.32. The second-order valence-electron chi connectivity index (χ2n) is 6.03. The van der Waals surface area contributed by atoms with Crippen molar-refractivity contribution in [3.63, 3.8) is 0 Å². The van der Waals surface area contributed by atoms with Crippen LogP contribution in [-0.4, -0.2) is 35.6 Å². The molecule has 0 aromatic rings. The molecule has 1 N–H and O–H groups in total. The zero-order valence-electron chi connectivity index (χ0n) is 10.6. The molecule has 84 valence electrons. The van der Waals surface area contributed by atoms with Gasteiger partial charge in [0.05, 0.1) is 0 Å². The predicted octanol–water partition coefficient (Wildman–Crippen LogP) is 2.10. The molecular formula is C12H26N2. The van der Waals surface area contributed by atoms with E-state index in [1.165, 1.54) is 13.1 Å². The molecule has 0 aliphatic carbocycles. The van der Waals surface area contributed by atoms with E-state index in [4.69, 9.17) is 0 Å². The summed E-state index contributed by atoms with van der Waals surface area (Å²) in [4.78, 5) is 2.56. The first-order valence-corrected chi connectivity index (χ1v) is 5.81. The summed E-state index contributed by atoms with van der Waals surface area (Å²) in [6.07, 6.45) is 0. The van der Waals surface area contributed by atoms with Crippen LogP contribution in [0.4, 0.5) is 0 Å². The summed E-state index contributed by atoms with van der Waals surface area (Å²) in [5, 5.41) is 3.71. The lowest BCUT2D eigenvalue weighted by Gasteiger charge is -2.28. The van der Waals surface area contributed by atoms with Gasteiger partial charge in [-0.05, 0) is 40.5 Å². The van der Waals surface area contributed by atoms with Crippen molar-refractivity contribution in [2.24, 2.45) is 5.92 Å². The lowest BCUT2D eigenvalue weighted by Crippen LogP contribution is -2.47. The molecule has 0 aromatic carbocycles. The van der Waals surface area contributed by atoms with Crippen LogP contribution in [0.1, 0.15) is 41.5 Å². The fourth-order valence-corrected chi connectivity index (χ4v) is 2.17. The van der Waals surface area contributed by atoms with Gasteiger partial charge in [0, 0.05) is 30.7 Å². The van der Waals surface area contributed by atoms with Crippen LogP contribution in [0.5, 0.6) is 0 Å². The number of hydrogen-bond donors (Lipinski definition) is 1. The molecule has 1 heterocycles. The second kappa shape index (κ2) is 4.19. The summed E-state index contributed by atoms with van der Waals surface area (Å²) in [5.41, 5.74) is 0.242. The number of nitrogens with one attached hydrogen (secondary N) is 1. The standard InChI is InChI=1S/C12H26N2/c1-9(2)14-7-10(3)11(8-14)13-12(4,5)6/h9-11,13H,7-8H2,1-6H3/t10-,11+/m0/s1. The predicted molar refractivity (Wildman–Crippen MR) is 62.5 cm³/mol. The summed E-state index contributed by atoms with van der Waals surface area (Å²) in [7, 11) is 0. The Kier molecular flexibility index (Phi) is 3.59. The topological polar surface area (TPSA) is 15.3 Å². The maximum atomic E-state index is 3.71. The molecule has 0 aromatic heterocycles. The van der Waals surface area contributed by atoms with E-state index in [9.17, 15) is 0 Å². The van der Waals surface area contributed by atoms with Gasteiger partial charge in [-0.1, -0.05) is 6.92 Å². The SMILES string of the molecule is CC(C)N1C[C@H](C)[C@H](NC(C)(C)C)C1. The Morgan fingerprint density at radius 1 is 1.21 bits per heavy atom. The van der Waals surface area contributed by atoms with Crippen LogP contribution in [0.3, 0.4) is 0 Å². The number of nitrogens with zero attached hydrogens (tertiary/aromatic N) is 1. The first kappa shape index (κ1) is 12.0. The fraction of sp³-hybridized carbons (Fsp3) is 1.00. The summed E-state index contributed by atoms with van der Waals surface area (Å²) in [6.45, 7) is 16.1. The Hall–Kier alpha value is -0.0800. The lowest BCUT2D eigenvalue weighted by molar-refractivity contribution is 0.258. The van der Waals surface area contributed by atoms with Gasteiger partial charge in [-0.2, -0.15) is 0 Å². The first-order chi connectivity index (χ1) is 6.29. The van der Waals surface area contributed by atoms with E-state index in [1.54, 1.807) is 0 Å². The van der Waals surface area contributed by atoms with Crippen LogP contribution in [0.15, 0.2) is 0 Å². The molecular weight excluding hydrogens is 172 g/mol. The van der Waals surface area contributed by atoms with Crippen molar-refractivity contribution in [1.29, 1.82) is 0 Å². The maximum absolute atomic E-state index is 3.71. The molecule has 2 atom stereocenters. The van der Waals surface area contributed by atoms with E-state index < -0.39 is 0 Å². The molecule has 1 aliphatic rings. The Labute approximate surface area is 89.1 Å². The molecule has 0 amide bonds. The number of likely N-dealkylation sites (tertiary alicyclic amines) is 1. The average Bonchev–Trinajstić information content (AvgIpc) is 2.29. The van der Waals surface area contributed by atoms with E-state index in [0.29, 0.717) is 12.1 Å². The molecule has 2 heteroatoms. The smallest absolute Gasteiger partial charge is 0.0237 e. The highest BCUT2D eigenvalue weighted by molar-refractivity contribution is 4.91. The summed E-state index contributed by atoms with van der Waals surface area (Å²) >= 11 is 0. The summed E-state index contributed by atoms with van der Waals surface area (Å²) in [5.74, 6) is 0.775.